The Kier molecular flexibility index (Phi) is 8.24. The van der Waals surface area contributed by atoms with E-state index in [1.165, 1.54) is 17.8 Å². The smallest absolute Gasteiger partial charge is 0.257 e. The van der Waals surface area contributed by atoms with Gasteiger partial charge in [-0.1, -0.05) is 40.9 Å². The molecule has 0 saturated heterocycles. The first-order valence-corrected chi connectivity index (χ1v) is 9.66. The summed E-state index contributed by atoms with van der Waals surface area (Å²) in [6.45, 7) is -0.307. The van der Waals surface area contributed by atoms with Gasteiger partial charge in [-0.25, -0.2) is 0 Å². The molecule has 0 saturated carbocycles. The number of carbonyl (C=O) groups is 3. The van der Waals surface area contributed by atoms with Gasteiger partial charge in [-0.2, -0.15) is 0 Å². The third-order valence-corrected chi connectivity index (χ3v) is 5.06. The molecule has 142 valence electrons. The van der Waals surface area contributed by atoms with Crippen molar-refractivity contribution in [3.8, 4) is 0 Å². The van der Waals surface area contributed by atoms with E-state index >= 15 is 0 Å². The Morgan fingerprint density at radius 2 is 1.59 bits per heavy atom. The average molecular weight is 447 g/mol. The molecule has 0 aliphatic heterocycles. The van der Waals surface area contributed by atoms with Gasteiger partial charge in [0.25, 0.3) is 11.8 Å². The van der Waals surface area contributed by atoms with Gasteiger partial charge in [-0.3, -0.25) is 25.2 Å². The molecule has 3 amide bonds. The molecule has 0 spiro atoms. The van der Waals surface area contributed by atoms with Crippen molar-refractivity contribution in [3.63, 3.8) is 0 Å². The van der Waals surface area contributed by atoms with Crippen molar-refractivity contribution in [2.24, 2.45) is 0 Å². The Labute approximate surface area is 174 Å². The van der Waals surface area contributed by atoms with Crippen LogP contribution in [-0.2, 0) is 9.59 Å². The summed E-state index contributed by atoms with van der Waals surface area (Å²) in [6.07, 6.45) is 0. The second-order valence-corrected chi connectivity index (χ2v) is 7.45. The minimum atomic E-state index is -0.579. The Morgan fingerprint density at radius 1 is 0.889 bits per heavy atom. The predicted octanol–water partition coefficient (Wildman–Crippen LogP) is 3.32. The molecule has 10 heteroatoms. The molecule has 2 aromatic rings. The van der Waals surface area contributed by atoms with E-state index < -0.39 is 17.7 Å². The maximum atomic E-state index is 11.9. The van der Waals surface area contributed by atoms with Gasteiger partial charge in [0.1, 0.15) is 0 Å². The first-order valence-electron chi connectivity index (χ1n) is 7.54. The van der Waals surface area contributed by atoms with Gasteiger partial charge >= 0.3 is 0 Å². The maximum Gasteiger partial charge on any atom is 0.257 e. The lowest BCUT2D eigenvalue weighted by Crippen LogP contribution is -2.46. The van der Waals surface area contributed by atoms with Crippen molar-refractivity contribution < 1.29 is 14.4 Å². The van der Waals surface area contributed by atoms with Crippen molar-refractivity contribution in [1.82, 2.24) is 16.2 Å². The van der Waals surface area contributed by atoms with Gasteiger partial charge < -0.3 is 5.32 Å². The van der Waals surface area contributed by atoms with E-state index in [1.807, 2.05) is 0 Å². The molecule has 2 aromatic carbocycles. The number of carbonyl (C=O) groups excluding carboxylic acids is 3. The number of amides is 3. The summed E-state index contributed by atoms with van der Waals surface area (Å²) in [5.41, 5.74) is 4.79. The molecule has 0 unspecified atom stereocenters. The third kappa shape index (κ3) is 7.30. The van der Waals surface area contributed by atoms with E-state index in [4.69, 9.17) is 34.8 Å². The van der Waals surface area contributed by atoms with Crippen LogP contribution in [0.1, 0.15) is 10.4 Å². The zero-order valence-corrected chi connectivity index (χ0v) is 16.8. The number of benzene rings is 2. The van der Waals surface area contributed by atoms with Crippen molar-refractivity contribution in [2.45, 2.75) is 4.90 Å². The molecular formula is C17H14Cl3N3O3S. The Bertz CT molecular complexity index is 864. The summed E-state index contributed by atoms with van der Waals surface area (Å²) in [5.74, 6) is -1.45. The van der Waals surface area contributed by atoms with Crippen molar-refractivity contribution in [1.29, 1.82) is 0 Å². The number of nitrogens with one attached hydrogen (secondary N) is 3. The summed E-state index contributed by atoms with van der Waals surface area (Å²) in [5, 5.41) is 3.82. The van der Waals surface area contributed by atoms with Crippen molar-refractivity contribution in [2.75, 3.05) is 12.3 Å². The van der Waals surface area contributed by atoms with Gasteiger partial charge in [0, 0.05) is 20.5 Å². The molecule has 0 aromatic heterocycles. The van der Waals surface area contributed by atoms with E-state index in [9.17, 15) is 14.4 Å². The summed E-state index contributed by atoms with van der Waals surface area (Å²) in [4.78, 5) is 36.0. The molecular weight excluding hydrogens is 433 g/mol. The Hall–Kier alpha value is -1.93. The van der Waals surface area contributed by atoms with Crippen molar-refractivity contribution >= 4 is 64.3 Å². The molecule has 0 fully saturated rings. The minimum absolute atomic E-state index is 0.0230. The lowest BCUT2D eigenvalue weighted by molar-refractivity contribution is -0.127. The van der Waals surface area contributed by atoms with Crippen LogP contribution in [0.2, 0.25) is 15.1 Å². The molecule has 6 nitrogen and oxygen atoms in total. The monoisotopic (exact) mass is 445 g/mol. The summed E-state index contributed by atoms with van der Waals surface area (Å²) in [7, 11) is 0. The second kappa shape index (κ2) is 10.4. The van der Waals surface area contributed by atoms with Crippen LogP contribution >= 0.6 is 46.6 Å². The van der Waals surface area contributed by atoms with E-state index in [0.717, 1.165) is 0 Å². The fourth-order valence-corrected chi connectivity index (χ4v) is 3.33. The molecule has 0 bridgehead atoms. The Balaban J connectivity index is 1.71. The number of rotatable bonds is 6. The van der Waals surface area contributed by atoms with E-state index in [2.05, 4.69) is 16.2 Å². The summed E-state index contributed by atoms with van der Waals surface area (Å²) in [6, 6.07) is 11.2. The van der Waals surface area contributed by atoms with Crippen LogP contribution in [0.25, 0.3) is 0 Å². The highest BCUT2D eigenvalue weighted by atomic mass is 35.5. The lowest BCUT2D eigenvalue weighted by Gasteiger charge is -2.09. The highest BCUT2D eigenvalue weighted by molar-refractivity contribution is 8.00. The standard InChI is InChI=1S/C17H14Cl3N3O3S/c18-11-3-1-2-10(6-11)17(26)21-8-15(24)22-23-16(25)9-27-14-7-12(19)4-5-13(14)20/h1-7H,8-9H2,(H,21,26)(H,22,24)(H,23,25). The van der Waals surface area contributed by atoms with Crippen LogP contribution < -0.4 is 16.2 Å². The minimum Gasteiger partial charge on any atom is -0.343 e. The van der Waals surface area contributed by atoms with Gasteiger partial charge in [0.15, 0.2) is 0 Å². The first kappa shape index (κ1) is 21.4. The topological polar surface area (TPSA) is 87.3 Å². The molecule has 0 aliphatic carbocycles. The quantitative estimate of drug-likeness (QED) is 0.469. The van der Waals surface area contributed by atoms with Crippen LogP contribution in [-0.4, -0.2) is 30.0 Å². The van der Waals surface area contributed by atoms with Crippen LogP contribution in [0.4, 0.5) is 0 Å². The lowest BCUT2D eigenvalue weighted by atomic mass is 10.2. The number of hydrogen-bond donors (Lipinski definition) is 3. The number of halogens is 3. The van der Waals surface area contributed by atoms with Gasteiger partial charge in [-0.15, -0.1) is 11.8 Å². The van der Waals surface area contributed by atoms with E-state index in [1.54, 1.807) is 36.4 Å². The molecule has 3 N–H and O–H groups in total. The number of hydrazine groups is 1. The van der Waals surface area contributed by atoms with E-state index in [-0.39, 0.29) is 12.3 Å². The van der Waals surface area contributed by atoms with Gasteiger partial charge in [-0.05, 0) is 36.4 Å². The summed E-state index contributed by atoms with van der Waals surface area (Å²) < 4.78 is 0. The maximum absolute atomic E-state index is 11.9. The molecule has 27 heavy (non-hydrogen) atoms. The molecule has 2 rings (SSSR count). The third-order valence-electron chi connectivity index (χ3n) is 3.09. The molecule has 0 heterocycles. The number of thioether (sulfide) groups is 1. The van der Waals surface area contributed by atoms with Crippen LogP contribution in [0.15, 0.2) is 47.4 Å². The highest BCUT2D eigenvalue weighted by Crippen LogP contribution is 2.29. The van der Waals surface area contributed by atoms with Crippen molar-refractivity contribution in [3.05, 3.63) is 63.1 Å². The average Bonchev–Trinajstić information content (AvgIpc) is 2.65. The highest BCUT2D eigenvalue weighted by Gasteiger charge is 2.10. The fourth-order valence-electron chi connectivity index (χ4n) is 1.84. The van der Waals surface area contributed by atoms with Crippen LogP contribution in [0.5, 0.6) is 0 Å². The molecule has 0 atom stereocenters. The van der Waals surface area contributed by atoms with Gasteiger partial charge in [0.05, 0.1) is 17.3 Å². The zero-order chi connectivity index (χ0) is 19.8. The van der Waals surface area contributed by atoms with Crippen LogP contribution in [0, 0.1) is 0 Å². The normalized spacial score (nSPS) is 10.2. The first-order chi connectivity index (χ1) is 12.8. The molecule has 0 radical (unpaired) electrons. The Morgan fingerprint density at radius 3 is 2.33 bits per heavy atom. The predicted molar refractivity (Wildman–Crippen MR) is 107 cm³/mol. The summed E-state index contributed by atoms with van der Waals surface area (Å²) >= 11 is 18.9. The van der Waals surface area contributed by atoms with Gasteiger partial charge in [0.2, 0.25) is 5.91 Å². The number of hydrogen-bond acceptors (Lipinski definition) is 4. The largest absolute Gasteiger partial charge is 0.343 e. The SMILES string of the molecule is O=C(CNC(=O)c1cccc(Cl)c1)NNC(=O)CSc1cc(Cl)ccc1Cl. The second-order valence-electron chi connectivity index (χ2n) is 5.15. The fraction of sp³-hybridized carbons (Fsp3) is 0.118. The van der Waals surface area contributed by atoms with Crippen LogP contribution in [0.3, 0.4) is 0 Å². The molecule has 0 aliphatic rings. The zero-order valence-electron chi connectivity index (χ0n) is 13.7. The van der Waals surface area contributed by atoms with E-state index in [0.29, 0.717) is 25.5 Å².